The number of nitrogens with two attached hydrogens (primary N) is 1. The van der Waals surface area contributed by atoms with E-state index in [1.54, 1.807) is 37.8 Å². The second-order valence-corrected chi connectivity index (χ2v) is 8.33. The van der Waals surface area contributed by atoms with E-state index in [1.807, 2.05) is 12.1 Å². The number of anilines is 4. The van der Waals surface area contributed by atoms with Crippen LogP contribution in [0.2, 0.25) is 0 Å². The number of primary amides is 1. The van der Waals surface area contributed by atoms with Crippen molar-refractivity contribution in [3.8, 4) is 6.07 Å². The van der Waals surface area contributed by atoms with E-state index in [4.69, 9.17) is 11.0 Å². The number of nitriles is 1. The topological polar surface area (TPSA) is 166 Å². The van der Waals surface area contributed by atoms with Gasteiger partial charge < -0.3 is 26.2 Å². The van der Waals surface area contributed by atoms with Crippen molar-refractivity contribution in [1.82, 2.24) is 24.8 Å². The number of carbonyl (C=O) groups excluding carboxylic acids is 2. The van der Waals surface area contributed by atoms with Crippen molar-refractivity contribution in [2.45, 2.75) is 18.9 Å². The molecule has 36 heavy (non-hydrogen) atoms. The molecule has 0 saturated carbocycles. The lowest BCUT2D eigenvalue weighted by Gasteiger charge is -2.34. The van der Waals surface area contributed by atoms with Crippen LogP contribution in [0.3, 0.4) is 0 Å². The molecule has 3 aromatic rings. The fourth-order valence-corrected chi connectivity index (χ4v) is 3.91. The van der Waals surface area contributed by atoms with Gasteiger partial charge in [0, 0.05) is 57.0 Å². The Bertz CT molecular complexity index is 1250. The SMILES string of the molecule is CN(CC#N)C(=O)c1ccc(N2CCC(Nc3cc(Nc4cnccn4)ncc3C(N)=O)CC2)nc1. The van der Waals surface area contributed by atoms with Crippen molar-refractivity contribution >= 4 is 35.0 Å². The monoisotopic (exact) mass is 486 g/mol. The first-order valence-electron chi connectivity index (χ1n) is 11.4. The minimum Gasteiger partial charge on any atom is -0.381 e. The average Bonchev–Trinajstić information content (AvgIpc) is 2.89. The molecule has 1 saturated heterocycles. The molecular weight excluding hydrogens is 460 g/mol. The molecule has 2 amide bonds. The number of aromatic nitrogens is 4. The molecule has 0 bridgehead atoms. The van der Waals surface area contributed by atoms with Gasteiger partial charge in [-0.05, 0) is 25.0 Å². The molecule has 4 rings (SSSR count). The number of amides is 2. The molecule has 12 heteroatoms. The lowest BCUT2D eigenvalue weighted by molar-refractivity contribution is 0.0811. The Labute approximate surface area is 208 Å². The second kappa shape index (κ2) is 11.1. The van der Waals surface area contributed by atoms with E-state index in [2.05, 4.69) is 35.5 Å². The molecule has 0 aliphatic carbocycles. The standard InChI is InChI=1S/C24H26N10O2/c1-33(11-6-25)24(36)16-2-3-22(30-13-16)34-9-4-17(5-10-34)31-19-12-20(29-14-18(19)23(26)35)32-21-15-27-7-8-28-21/h2-3,7-8,12-15,17H,4-5,9-11H2,1H3,(H2,26,35)(H2,28,29,31,32). The summed E-state index contributed by atoms with van der Waals surface area (Å²) in [7, 11) is 1.58. The van der Waals surface area contributed by atoms with Crippen LogP contribution in [-0.2, 0) is 0 Å². The zero-order valence-electron chi connectivity index (χ0n) is 19.8. The first-order chi connectivity index (χ1) is 17.4. The zero-order chi connectivity index (χ0) is 25.5. The van der Waals surface area contributed by atoms with Crippen LogP contribution in [0, 0.1) is 11.3 Å². The fraction of sp³-hybridized carbons (Fsp3) is 0.292. The van der Waals surface area contributed by atoms with Gasteiger partial charge in [-0.25, -0.2) is 15.0 Å². The van der Waals surface area contributed by atoms with Crippen molar-refractivity contribution < 1.29 is 9.59 Å². The van der Waals surface area contributed by atoms with Crippen LogP contribution in [0.1, 0.15) is 33.6 Å². The maximum Gasteiger partial charge on any atom is 0.256 e. The molecule has 12 nitrogen and oxygen atoms in total. The second-order valence-electron chi connectivity index (χ2n) is 8.33. The highest BCUT2D eigenvalue weighted by Gasteiger charge is 2.22. The maximum atomic E-state index is 12.3. The van der Waals surface area contributed by atoms with Gasteiger partial charge in [-0.2, -0.15) is 5.26 Å². The van der Waals surface area contributed by atoms with Crippen LogP contribution in [0.5, 0.6) is 0 Å². The highest BCUT2D eigenvalue weighted by atomic mass is 16.2. The summed E-state index contributed by atoms with van der Waals surface area (Å²) in [6.07, 6.45) is 9.32. The number of nitrogens with zero attached hydrogens (tertiary/aromatic N) is 7. The van der Waals surface area contributed by atoms with Crippen LogP contribution < -0.4 is 21.3 Å². The molecule has 4 N–H and O–H groups in total. The highest BCUT2D eigenvalue weighted by molar-refractivity contribution is 5.98. The number of pyridine rings is 2. The summed E-state index contributed by atoms with van der Waals surface area (Å²) in [5.74, 6) is 1.03. The van der Waals surface area contributed by atoms with Crippen LogP contribution >= 0.6 is 0 Å². The van der Waals surface area contributed by atoms with Crippen LogP contribution in [0.15, 0.2) is 49.2 Å². The van der Waals surface area contributed by atoms with E-state index in [1.165, 1.54) is 17.3 Å². The Balaban J connectivity index is 1.38. The Morgan fingerprint density at radius 3 is 2.58 bits per heavy atom. The summed E-state index contributed by atoms with van der Waals surface area (Å²) in [6, 6.07) is 7.36. The van der Waals surface area contributed by atoms with Gasteiger partial charge >= 0.3 is 0 Å². The Kier molecular flexibility index (Phi) is 7.50. The quantitative estimate of drug-likeness (QED) is 0.399. The van der Waals surface area contributed by atoms with Crippen molar-refractivity contribution in [3.63, 3.8) is 0 Å². The van der Waals surface area contributed by atoms with Gasteiger partial charge in [-0.3, -0.25) is 14.6 Å². The molecule has 1 fully saturated rings. The number of rotatable bonds is 8. The van der Waals surface area contributed by atoms with Gasteiger partial charge in [0.1, 0.15) is 24.0 Å². The molecule has 0 aromatic carbocycles. The lowest BCUT2D eigenvalue weighted by atomic mass is 10.0. The minimum absolute atomic E-state index is 0.0218. The molecule has 184 valence electrons. The summed E-state index contributed by atoms with van der Waals surface area (Å²) < 4.78 is 0. The summed E-state index contributed by atoms with van der Waals surface area (Å²) >= 11 is 0. The fourth-order valence-electron chi connectivity index (χ4n) is 3.91. The number of carbonyl (C=O) groups is 2. The van der Waals surface area contributed by atoms with Gasteiger partial charge in [0.25, 0.3) is 11.8 Å². The number of nitrogens with one attached hydrogen (secondary N) is 2. The van der Waals surface area contributed by atoms with E-state index >= 15 is 0 Å². The van der Waals surface area contributed by atoms with Crippen LogP contribution in [0.25, 0.3) is 0 Å². The molecule has 0 spiro atoms. The Morgan fingerprint density at radius 2 is 1.94 bits per heavy atom. The van der Waals surface area contributed by atoms with E-state index in [0.717, 1.165) is 31.7 Å². The minimum atomic E-state index is -0.562. The van der Waals surface area contributed by atoms with E-state index in [0.29, 0.717) is 28.5 Å². The normalized spacial score (nSPS) is 13.5. The van der Waals surface area contributed by atoms with E-state index < -0.39 is 5.91 Å². The Morgan fingerprint density at radius 1 is 1.14 bits per heavy atom. The highest BCUT2D eigenvalue weighted by Crippen LogP contribution is 2.25. The van der Waals surface area contributed by atoms with Crippen molar-refractivity contribution in [2.24, 2.45) is 5.73 Å². The summed E-state index contributed by atoms with van der Waals surface area (Å²) in [5, 5.41) is 15.3. The zero-order valence-corrected chi connectivity index (χ0v) is 19.8. The molecule has 1 aliphatic heterocycles. The van der Waals surface area contributed by atoms with Crippen LogP contribution in [-0.4, -0.2) is 69.4 Å². The van der Waals surface area contributed by atoms with Crippen molar-refractivity contribution in [1.29, 1.82) is 5.26 Å². The predicted octanol–water partition coefficient (Wildman–Crippen LogP) is 1.79. The largest absolute Gasteiger partial charge is 0.381 e. The van der Waals surface area contributed by atoms with Gasteiger partial charge in [-0.1, -0.05) is 0 Å². The molecule has 4 heterocycles. The third-order valence-electron chi connectivity index (χ3n) is 5.82. The molecule has 0 atom stereocenters. The van der Waals surface area contributed by atoms with E-state index in [9.17, 15) is 9.59 Å². The molecular formula is C24H26N10O2. The molecule has 1 aliphatic rings. The first kappa shape index (κ1) is 24.3. The summed E-state index contributed by atoms with van der Waals surface area (Å²) in [6.45, 7) is 1.51. The predicted molar refractivity (Wildman–Crippen MR) is 134 cm³/mol. The van der Waals surface area contributed by atoms with Gasteiger partial charge in [0.2, 0.25) is 0 Å². The van der Waals surface area contributed by atoms with Gasteiger partial charge in [0.05, 0.1) is 29.1 Å². The lowest BCUT2D eigenvalue weighted by Crippen LogP contribution is -2.40. The maximum absolute atomic E-state index is 12.3. The average molecular weight is 487 g/mol. The smallest absolute Gasteiger partial charge is 0.256 e. The molecule has 3 aromatic heterocycles. The van der Waals surface area contributed by atoms with Crippen molar-refractivity contribution in [3.05, 3.63) is 60.3 Å². The summed E-state index contributed by atoms with van der Waals surface area (Å²) in [5.41, 5.74) is 6.92. The van der Waals surface area contributed by atoms with Crippen LogP contribution in [0.4, 0.5) is 23.1 Å². The number of hydrogen-bond donors (Lipinski definition) is 3. The third-order valence-corrected chi connectivity index (χ3v) is 5.82. The number of piperidine rings is 1. The van der Waals surface area contributed by atoms with Gasteiger partial charge in [0.15, 0.2) is 0 Å². The Hall–Kier alpha value is -4.79. The molecule has 0 radical (unpaired) electrons. The van der Waals surface area contributed by atoms with Gasteiger partial charge in [-0.15, -0.1) is 0 Å². The third kappa shape index (κ3) is 5.82. The van der Waals surface area contributed by atoms with E-state index in [-0.39, 0.29) is 18.5 Å². The molecule has 0 unspecified atom stereocenters. The summed E-state index contributed by atoms with van der Waals surface area (Å²) in [4.78, 5) is 44.7. The van der Waals surface area contributed by atoms with Crippen molar-refractivity contribution in [2.75, 3.05) is 42.2 Å². The number of hydrogen-bond acceptors (Lipinski definition) is 10. The first-order valence-corrected chi connectivity index (χ1v) is 11.4.